The molecule has 0 aliphatic carbocycles. The Morgan fingerprint density at radius 1 is 1.47 bits per heavy atom. The molecule has 1 atom stereocenters. The van der Waals surface area contributed by atoms with E-state index in [9.17, 15) is 5.11 Å². The number of nitrogens with zero attached hydrogens (tertiary/aromatic N) is 3. The summed E-state index contributed by atoms with van der Waals surface area (Å²) in [6, 6.07) is 4.19. The highest BCUT2D eigenvalue weighted by Crippen LogP contribution is 2.23. The summed E-state index contributed by atoms with van der Waals surface area (Å²) in [6.07, 6.45) is 3.40. The van der Waals surface area contributed by atoms with Gasteiger partial charge in [0, 0.05) is 6.04 Å². The van der Waals surface area contributed by atoms with Gasteiger partial charge >= 0.3 is 0 Å². The second-order valence-corrected chi connectivity index (χ2v) is 5.74. The van der Waals surface area contributed by atoms with Crippen LogP contribution in [0.3, 0.4) is 0 Å². The van der Waals surface area contributed by atoms with Crippen molar-refractivity contribution in [2.75, 3.05) is 13.2 Å². The van der Waals surface area contributed by atoms with Crippen molar-refractivity contribution in [3.63, 3.8) is 0 Å². The molecular weight excluding hydrogens is 262 g/mol. The average Bonchev–Trinajstić information content (AvgIpc) is 3.09. The van der Waals surface area contributed by atoms with E-state index in [1.807, 2.05) is 17.5 Å². The molecule has 2 aromatic rings. The molecule has 102 valence electrons. The Kier molecular flexibility index (Phi) is 3.91. The highest BCUT2D eigenvalue weighted by Gasteiger charge is 2.23. The first-order valence-electron chi connectivity index (χ1n) is 6.58. The van der Waals surface area contributed by atoms with Crippen molar-refractivity contribution in [2.45, 2.75) is 31.8 Å². The minimum atomic E-state index is 0.200. The zero-order valence-corrected chi connectivity index (χ0v) is 11.5. The number of piperidine rings is 1. The molecule has 0 aromatic carbocycles. The minimum Gasteiger partial charge on any atom is -0.395 e. The smallest absolute Gasteiger partial charge is 0.241 e. The number of aliphatic hydroxyl groups excluding tert-OH is 1. The largest absolute Gasteiger partial charge is 0.395 e. The van der Waals surface area contributed by atoms with Crippen molar-refractivity contribution in [2.24, 2.45) is 0 Å². The summed E-state index contributed by atoms with van der Waals surface area (Å²) < 4.78 is 5.31. The minimum absolute atomic E-state index is 0.200. The Labute approximate surface area is 115 Å². The van der Waals surface area contributed by atoms with E-state index in [-0.39, 0.29) is 12.6 Å². The van der Waals surface area contributed by atoms with Gasteiger partial charge in [-0.15, -0.1) is 11.3 Å². The van der Waals surface area contributed by atoms with Crippen LogP contribution in [-0.4, -0.2) is 39.3 Å². The monoisotopic (exact) mass is 279 g/mol. The first-order chi connectivity index (χ1) is 9.36. The van der Waals surface area contributed by atoms with E-state index < -0.39 is 0 Å². The third-order valence-corrected chi connectivity index (χ3v) is 4.37. The standard InChI is InChI=1S/C13H17N3O2S/c17-9-10-4-1-2-6-16(10)8-12-14-13(15-18-12)11-5-3-7-19-11/h3,5,7,10,17H,1-2,4,6,8-9H2/t10-/m1/s1. The molecule has 3 heterocycles. The van der Waals surface area contributed by atoms with Crippen molar-refractivity contribution in [1.29, 1.82) is 0 Å². The molecule has 0 unspecified atom stereocenters. The van der Waals surface area contributed by atoms with Crippen LogP contribution in [0, 0.1) is 0 Å². The number of aliphatic hydroxyl groups is 1. The van der Waals surface area contributed by atoms with Gasteiger partial charge in [-0.2, -0.15) is 4.98 Å². The van der Waals surface area contributed by atoms with Crippen LogP contribution in [0.15, 0.2) is 22.0 Å². The van der Waals surface area contributed by atoms with Crippen LogP contribution < -0.4 is 0 Å². The Balaban J connectivity index is 1.69. The van der Waals surface area contributed by atoms with Crippen molar-refractivity contribution in [1.82, 2.24) is 15.0 Å². The van der Waals surface area contributed by atoms with Crippen molar-refractivity contribution in [3.05, 3.63) is 23.4 Å². The molecule has 19 heavy (non-hydrogen) atoms. The van der Waals surface area contributed by atoms with Gasteiger partial charge in [-0.25, -0.2) is 0 Å². The van der Waals surface area contributed by atoms with Crippen LogP contribution >= 0.6 is 11.3 Å². The van der Waals surface area contributed by atoms with E-state index in [4.69, 9.17) is 4.52 Å². The third kappa shape index (κ3) is 2.86. The Bertz CT molecular complexity index is 512. The number of aromatic nitrogens is 2. The molecule has 1 fully saturated rings. The summed E-state index contributed by atoms with van der Waals surface area (Å²) in [5.74, 6) is 1.28. The molecule has 0 spiro atoms. The van der Waals surface area contributed by atoms with Gasteiger partial charge < -0.3 is 9.63 Å². The summed E-state index contributed by atoms with van der Waals surface area (Å²) in [5, 5.41) is 15.4. The van der Waals surface area contributed by atoms with Crippen LogP contribution in [0.2, 0.25) is 0 Å². The van der Waals surface area contributed by atoms with Gasteiger partial charge in [0.05, 0.1) is 18.0 Å². The zero-order chi connectivity index (χ0) is 13.1. The van der Waals surface area contributed by atoms with Crippen LogP contribution in [0.1, 0.15) is 25.2 Å². The Hall–Kier alpha value is -1.24. The lowest BCUT2D eigenvalue weighted by molar-refractivity contribution is 0.0749. The maximum absolute atomic E-state index is 9.39. The van der Waals surface area contributed by atoms with Crippen LogP contribution in [0.5, 0.6) is 0 Å². The molecule has 1 saturated heterocycles. The predicted molar refractivity (Wildman–Crippen MR) is 72.7 cm³/mol. The topological polar surface area (TPSA) is 62.4 Å². The van der Waals surface area contributed by atoms with E-state index in [0.29, 0.717) is 18.3 Å². The van der Waals surface area contributed by atoms with E-state index in [2.05, 4.69) is 15.0 Å². The highest BCUT2D eigenvalue weighted by atomic mass is 32.1. The number of hydrogen-bond donors (Lipinski definition) is 1. The van der Waals surface area contributed by atoms with Crippen molar-refractivity contribution < 1.29 is 9.63 Å². The molecule has 0 bridgehead atoms. The molecule has 0 saturated carbocycles. The highest BCUT2D eigenvalue weighted by molar-refractivity contribution is 7.13. The molecule has 0 amide bonds. The van der Waals surface area contributed by atoms with Gasteiger partial charge in [0.2, 0.25) is 11.7 Å². The van der Waals surface area contributed by atoms with E-state index in [1.165, 1.54) is 12.8 Å². The fourth-order valence-electron chi connectivity index (χ4n) is 2.47. The van der Waals surface area contributed by atoms with Crippen molar-refractivity contribution in [3.8, 4) is 10.7 Å². The fraction of sp³-hybridized carbons (Fsp3) is 0.538. The molecule has 1 aliphatic rings. The molecule has 3 rings (SSSR count). The van der Waals surface area contributed by atoms with Gasteiger partial charge in [0.1, 0.15) is 0 Å². The SMILES string of the molecule is OC[C@H]1CCCCN1Cc1nc(-c2cccs2)no1. The molecular formula is C13H17N3O2S. The second kappa shape index (κ2) is 5.81. The summed E-state index contributed by atoms with van der Waals surface area (Å²) in [7, 11) is 0. The first-order valence-corrected chi connectivity index (χ1v) is 7.46. The number of likely N-dealkylation sites (tertiary alicyclic amines) is 1. The predicted octanol–water partition coefficient (Wildman–Crippen LogP) is 2.14. The van der Waals surface area contributed by atoms with Crippen LogP contribution in [0.25, 0.3) is 10.7 Å². The van der Waals surface area contributed by atoms with Crippen molar-refractivity contribution >= 4 is 11.3 Å². The van der Waals surface area contributed by atoms with E-state index >= 15 is 0 Å². The zero-order valence-electron chi connectivity index (χ0n) is 10.7. The molecule has 6 heteroatoms. The number of hydrogen-bond acceptors (Lipinski definition) is 6. The summed E-state index contributed by atoms with van der Waals surface area (Å²) in [4.78, 5) is 7.68. The van der Waals surface area contributed by atoms with E-state index in [1.54, 1.807) is 11.3 Å². The molecule has 1 N–H and O–H groups in total. The normalized spacial score (nSPS) is 20.8. The Morgan fingerprint density at radius 2 is 2.42 bits per heavy atom. The molecule has 0 radical (unpaired) electrons. The number of thiophene rings is 1. The fourth-order valence-corrected chi connectivity index (χ4v) is 3.12. The summed E-state index contributed by atoms with van der Waals surface area (Å²) in [6.45, 7) is 1.82. The number of rotatable bonds is 4. The third-order valence-electron chi connectivity index (χ3n) is 3.51. The maximum Gasteiger partial charge on any atom is 0.241 e. The molecule has 1 aliphatic heterocycles. The average molecular weight is 279 g/mol. The van der Waals surface area contributed by atoms with E-state index in [0.717, 1.165) is 17.8 Å². The summed E-state index contributed by atoms with van der Waals surface area (Å²) >= 11 is 1.60. The lowest BCUT2D eigenvalue weighted by atomic mass is 10.0. The van der Waals surface area contributed by atoms with Crippen LogP contribution in [-0.2, 0) is 6.54 Å². The quantitative estimate of drug-likeness (QED) is 0.929. The molecule has 2 aromatic heterocycles. The lowest BCUT2D eigenvalue weighted by Crippen LogP contribution is -2.41. The summed E-state index contributed by atoms with van der Waals surface area (Å²) in [5.41, 5.74) is 0. The van der Waals surface area contributed by atoms with Gasteiger partial charge in [0.25, 0.3) is 0 Å². The van der Waals surface area contributed by atoms with Gasteiger partial charge in [-0.05, 0) is 30.8 Å². The van der Waals surface area contributed by atoms with Gasteiger partial charge in [-0.3, -0.25) is 4.90 Å². The second-order valence-electron chi connectivity index (χ2n) is 4.79. The molecule has 5 nitrogen and oxygen atoms in total. The van der Waals surface area contributed by atoms with Gasteiger partial charge in [0.15, 0.2) is 0 Å². The first kappa shape index (κ1) is 12.8. The van der Waals surface area contributed by atoms with Crippen LogP contribution in [0.4, 0.5) is 0 Å². The van der Waals surface area contributed by atoms with Gasteiger partial charge in [-0.1, -0.05) is 17.6 Å². The lowest BCUT2D eigenvalue weighted by Gasteiger charge is -2.33. The Morgan fingerprint density at radius 3 is 3.21 bits per heavy atom. The maximum atomic E-state index is 9.39.